The highest BCUT2D eigenvalue weighted by atomic mass is 19.4. The Balaban J connectivity index is 2.05. The number of nitrogens with one attached hydrogen (secondary N) is 1. The predicted molar refractivity (Wildman–Crippen MR) is 78.3 cm³/mol. The molecule has 0 aliphatic carbocycles. The second-order valence-electron chi connectivity index (χ2n) is 5.72. The molecular formula is C15H17F3N4O2. The van der Waals surface area contributed by atoms with Crippen molar-refractivity contribution in [2.75, 3.05) is 26.7 Å². The van der Waals surface area contributed by atoms with E-state index in [-0.39, 0.29) is 11.6 Å². The van der Waals surface area contributed by atoms with Crippen LogP contribution >= 0.6 is 0 Å². The lowest BCUT2D eigenvalue weighted by molar-refractivity contribution is -0.154. The first-order valence-corrected chi connectivity index (χ1v) is 7.32. The van der Waals surface area contributed by atoms with Crippen LogP contribution in [0.4, 0.5) is 13.2 Å². The average molecular weight is 342 g/mol. The second-order valence-corrected chi connectivity index (χ2v) is 5.72. The Morgan fingerprint density at radius 1 is 1.46 bits per heavy atom. The number of likely N-dealkylation sites (tertiary alicyclic amines) is 1. The van der Waals surface area contributed by atoms with E-state index in [1.54, 1.807) is 0 Å². The summed E-state index contributed by atoms with van der Waals surface area (Å²) in [4.78, 5) is 18.1. The first-order valence-electron chi connectivity index (χ1n) is 7.32. The van der Waals surface area contributed by atoms with Gasteiger partial charge in [0.25, 0.3) is 5.91 Å². The van der Waals surface area contributed by atoms with Crippen LogP contribution in [0.5, 0.6) is 5.88 Å². The van der Waals surface area contributed by atoms with Gasteiger partial charge in [-0.25, -0.2) is 4.98 Å². The molecule has 6 nitrogen and oxygen atoms in total. The highest BCUT2D eigenvalue weighted by Crippen LogP contribution is 2.22. The van der Waals surface area contributed by atoms with Crippen LogP contribution in [0, 0.1) is 11.3 Å². The molecule has 2 heterocycles. The molecule has 0 unspecified atom stereocenters. The summed E-state index contributed by atoms with van der Waals surface area (Å²) in [6.07, 6.45) is -3.55. The van der Waals surface area contributed by atoms with E-state index in [1.807, 2.05) is 11.9 Å². The lowest BCUT2D eigenvalue weighted by Gasteiger charge is -2.35. The quantitative estimate of drug-likeness (QED) is 0.902. The van der Waals surface area contributed by atoms with Crippen molar-refractivity contribution in [1.29, 1.82) is 5.26 Å². The maximum absolute atomic E-state index is 12.3. The van der Waals surface area contributed by atoms with Crippen molar-refractivity contribution in [1.82, 2.24) is 15.2 Å². The molecule has 1 aromatic rings. The highest BCUT2D eigenvalue weighted by Gasteiger charge is 2.36. The molecule has 1 aliphatic rings. The number of pyridine rings is 1. The molecule has 130 valence electrons. The summed E-state index contributed by atoms with van der Waals surface area (Å²) in [5.74, 6) is -0.909. The molecule has 0 bridgehead atoms. The van der Waals surface area contributed by atoms with E-state index in [0.717, 1.165) is 0 Å². The van der Waals surface area contributed by atoms with Crippen molar-refractivity contribution in [3.05, 3.63) is 23.9 Å². The number of hydrogen-bond acceptors (Lipinski definition) is 5. The summed E-state index contributed by atoms with van der Waals surface area (Å²) in [7, 11) is 1.92. The number of rotatable bonds is 4. The van der Waals surface area contributed by atoms with Crippen LogP contribution in [0.3, 0.4) is 0 Å². The zero-order valence-corrected chi connectivity index (χ0v) is 13.1. The maximum atomic E-state index is 12.3. The molecule has 1 fully saturated rings. The van der Waals surface area contributed by atoms with Crippen molar-refractivity contribution in [3.63, 3.8) is 0 Å². The summed E-state index contributed by atoms with van der Waals surface area (Å²) in [6, 6.07) is 6.10. The number of halogens is 3. The lowest BCUT2D eigenvalue weighted by Crippen LogP contribution is -2.53. The number of ether oxygens (including phenoxy) is 1. The highest BCUT2D eigenvalue weighted by molar-refractivity contribution is 5.93. The molecular weight excluding hydrogens is 325 g/mol. The van der Waals surface area contributed by atoms with Crippen molar-refractivity contribution >= 4 is 5.91 Å². The summed E-state index contributed by atoms with van der Waals surface area (Å²) in [5, 5.41) is 12.1. The molecule has 9 heteroatoms. The van der Waals surface area contributed by atoms with Crippen LogP contribution in [0.15, 0.2) is 18.2 Å². The fourth-order valence-electron chi connectivity index (χ4n) is 2.32. The summed E-state index contributed by atoms with van der Waals surface area (Å²) in [6.45, 7) is -0.161. The van der Waals surface area contributed by atoms with Gasteiger partial charge >= 0.3 is 6.18 Å². The fourth-order valence-corrected chi connectivity index (χ4v) is 2.32. The van der Waals surface area contributed by atoms with Gasteiger partial charge in [0.15, 0.2) is 6.61 Å². The summed E-state index contributed by atoms with van der Waals surface area (Å²) in [5.41, 5.74) is -1.09. The monoisotopic (exact) mass is 342 g/mol. The Morgan fingerprint density at radius 3 is 2.71 bits per heavy atom. The van der Waals surface area contributed by atoms with Gasteiger partial charge in [0.2, 0.25) is 5.88 Å². The lowest BCUT2D eigenvalue weighted by atomic mass is 9.89. The standard InChI is InChI=1S/C15H17F3N4O2/c1-22-7-5-14(9-19,6-8-22)21-13(23)11-3-2-4-12(20-11)24-10-15(16,17)18/h2-4H,5-8,10H2,1H3,(H,21,23). The fraction of sp³-hybridized carbons (Fsp3) is 0.533. The van der Waals surface area contributed by atoms with Gasteiger partial charge in [-0.1, -0.05) is 6.07 Å². The molecule has 0 radical (unpaired) electrons. The van der Waals surface area contributed by atoms with E-state index in [0.29, 0.717) is 25.9 Å². The zero-order valence-electron chi connectivity index (χ0n) is 13.1. The third kappa shape index (κ3) is 4.83. The molecule has 0 atom stereocenters. The van der Waals surface area contributed by atoms with Crippen LogP contribution in [-0.4, -0.2) is 54.3 Å². The number of piperidine rings is 1. The Kier molecular flexibility index (Phi) is 5.29. The third-order valence-corrected chi connectivity index (χ3v) is 3.75. The minimum absolute atomic E-state index is 0.0942. The van der Waals surface area contributed by atoms with Gasteiger partial charge in [0.05, 0.1) is 6.07 Å². The van der Waals surface area contributed by atoms with Gasteiger partial charge in [-0.05, 0) is 26.0 Å². The summed E-state index contributed by atoms with van der Waals surface area (Å²) < 4.78 is 41.0. The predicted octanol–water partition coefficient (Wildman–Crippen LogP) is 1.74. The van der Waals surface area contributed by atoms with Crippen LogP contribution in [0.2, 0.25) is 0 Å². The molecule has 0 aromatic carbocycles. The molecule has 0 saturated carbocycles. The number of nitrogens with zero attached hydrogens (tertiary/aromatic N) is 3. The van der Waals surface area contributed by atoms with E-state index in [4.69, 9.17) is 0 Å². The number of alkyl halides is 3. The third-order valence-electron chi connectivity index (χ3n) is 3.75. The molecule has 1 amide bonds. The molecule has 1 aromatic heterocycles. The van der Waals surface area contributed by atoms with Crippen molar-refractivity contribution in [2.45, 2.75) is 24.6 Å². The number of amides is 1. The zero-order chi connectivity index (χ0) is 17.8. The molecule has 24 heavy (non-hydrogen) atoms. The number of nitriles is 1. The Morgan fingerprint density at radius 2 is 2.12 bits per heavy atom. The average Bonchev–Trinajstić information content (AvgIpc) is 2.55. The largest absolute Gasteiger partial charge is 0.468 e. The van der Waals surface area contributed by atoms with E-state index < -0.39 is 24.2 Å². The van der Waals surface area contributed by atoms with Gasteiger partial charge in [0, 0.05) is 19.2 Å². The van der Waals surface area contributed by atoms with Crippen LogP contribution in [0.1, 0.15) is 23.3 Å². The van der Waals surface area contributed by atoms with E-state index in [9.17, 15) is 23.2 Å². The van der Waals surface area contributed by atoms with Crippen LogP contribution in [0.25, 0.3) is 0 Å². The maximum Gasteiger partial charge on any atom is 0.422 e. The van der Waals surface area contributed by atoms with Crippen molar-refractivity contribution in [2.24, 2.45) is 0 Å². The number of hydrogen-bond donors (Lipinski definition) is 1. The molecule has 1 N–H and O–H groups in total. The van der Waals surface area contributed by atoms with Crippen LogP contribution in [-0.2, 0) is 0 Å². The van der Waals surface area contributed by atoms with E-state index in [1.165, 1.54) is 18.2 Å². The van der Waals surface area contributed by atoms with Gasteiger partial charge in [0.1, 0.15) is 11.2 Å². The smallest absolute Gasteiger partial charge is 0.422 e. The molecule has 1 saturated heterocycles. The topological polar surface area (TPSA) is 78.2 Å². The minimum atomic E-state index is -4.49. The minimum Gasteiger partial charge on any atom is -0.468 e. The second kappa shape index (κ2) is 7.05. The van der Waals surface area contributed by atoms with E-state index >= 15 is 0 Å². The Labute approximate surface area is 137 Å². The summed E-state index contributed by atoms with van der Waals surface area (Å²) >= 11 is 0. The van der Waals surface area contributed by atoms with Crippen LogP contribution < -0.4 is 10.1 Å². The van der Waals surface area contributed by atoms with Gasteiger partial charge < -0.3 is 15.0 Å². The van der Waals surface area contributed by atoms with Gasteiger partial charge in [-0.2, -0.15) is 18.4 Å². The number of carbonyl (C=O) groups excluding carboxylic acids is 1. The Hall–Kier alpha value is -2.34. The number of aromatic nitrogens is 1. The molecule has 0 spiro atoms. The first-order chi connectivity index (χ1) is 11.2. The SMILES string of the molecule is CN1CCC(C#N)(NC(=O)c2cccc(OCC(F)(F)F)n2)CC1. The molecule has 1 aliphatic heterocycles. The van der Waals surface area contributed by atoms with Crippen molar-refractivity contribution < 1.29 is 22.7 Å². The number of carbonyl (C=O) groups is 1. The van der Waals surface area contributed by atoms with Gasteiger partial charge in [-0.15, -0.1) is 0 Å². The van der Waals surface area contributed by atoms with Crippen molar-refractivity contribution in [3.8, 4) is 11.9 Å². The first kappa shape index (κ1) is 18.0. The van der Waals surface area contributed by atoms with Gasteiger partial charge in [-0.3, -0.25) is 4.79 Å². The molecule has 2 rings (SSSR count). The Bertz CT molecular complexity index is 634. The normalized spacial score (nSPS) is 17.8. The van der Waals surface area contributed by atoms with E-state index in [2.05, 4.69) is 21.1 Å².